The molecule has 6 nitrogen and oxygen atoms in total. The fourth-order valence-electron chi connectivity index (χ4n) is 2.83. The first-order valence-corrected chi connectivity index (χ1v) is 8.52. The number of rotatable bonds is 7. The molecular weight excluding hydrogens is 334 g/mol. The first-order valence-electron chi connectivity index (χ1n) is 8.52. The van der Waals surface area contributed by atoms with Crippen LogP contribution in [0.5, 0.6) is 0 Å². The third-order valence-electron chi connectivity index (χ3n) is 4.19. The molecule has 26 heavy (non-hydrogen) atoms. The lowest BCUT2D eigenvalue weighted by molar-refractivity contribution is -0.137. The average molecular weight is 353 g/mol. The van der Waals surface area contributed by atoms with Crippen molar-refractivity contribution in [1.29, 1.82) is 0 Å². The maximum atomic E-state index is 12.6. The van der Waals surface area contributed by atoms with Gasteiger partial charge < -0.3 is 14.8 Å². The van der Waals surface area contributed by atoms with Crippen LogP contribution in [0.25, 0.3) is 21.9 Å². The summed E-state index contributed by atoms with van der Waals surface area (Å²) in [4.78, 5) is 35.3. The van der Waals surface area contributed by atoms with E-state index in [1.165, 1.54) is 0 Å². The Bertz CT molecular complexity index is 1020. The van der Waals surface area contributed by atoms with Crippen molar-refractivity contribution in [3.05, 3.63) is 58.3 Å². The van der Waals surface area contributed by atoms with Crippen molar-refractivity contribution >= 4 is 33.8 Å². The van der Waals surface area contributed by atoms with Crippen LogP contribution in [0, 0.1) is 0 Å². The molecule has 3 aromatic rings. The molecule has 0 bridgehead atoms. The number of carboxylic acid groups (broad SMARTS) is 1. The molecule has 0 aliphatic carbocycles. The van der Waals surface area contributed by atoms with Gasteiger partial charge in [0, 0.05) is 18.5 Å². The third-order valence-corrected chi connectivity index (χ3v) is 4.19. The number of nitrogens with one attached hydrogen (secondary N) is 1. The van der Waals surface area contributed by atoms with Crippen molar-refractivity contribution in [1.82, 2.24) is 5.32 Å². The van der Waals surface area contributed by atoms with E-state index in [2.05, 4.69) is 5.32 Å². The topological polar surface area (TPSA) is 96.6 Å². The second kappa shape index (κ2) is 7.82. The van der Waals surface area contributed by atoms with E-state index >= 15 is 0 Å². The van der Waals surface area contributed by atoms with E-state index in [0.717, 1.165) is 6.42 Å². The number of unbranched alkanes of at least 4 members (excludes halogenated alkanes) is 2. The monoisotopic (exact) mass is 353 g/mol. The zero-order chi connectivity index (χ0) is 18.5. The summed E-state index contributed by atoms with van der Waals surface area (Å²) in [5.74, 6) is -1.07. The van der Waals surface area contributed by atoms with Crippen LogP contribution in [0.15, 0.2) is 51.7 Å². The van der Waals surface area contributed by atoms with E-state index in [1.54, 1.807) is 42.5 Å². The summed E-state index contributed by atoms with van der Waals surface area (Å²) in [7, 11) is 0. The standard InChI is InChI=1S/C20H19NO5/c22-18(23)8-2-1-5-11-21-20(25)13-9-10-17-15(12-13)19(24)14-6-3-4-7-16(14)26-17/h3-4,6-7,9-10,12H,1-2,5,8,11H2,(H,21,25)(H,22,23). The van der Waals surface area contributed by atoms with Crippen molar-refractivity contribution in [3.63, 3.8) is 0 Å². The van der Waals surface area contributed by atoms with E-state index in [0.29, 0.717) is 46.9 Å². The fourth-order valence-corrected chi connectivity index (χ4v) is 2.83. The molecule has 1 aromatic heterocycles. The van der Waals surface area contributed by atoms with Crippen molar-refractivity contribution < 1.29 is 19.1 Å². The number of hydrogen-bond donors (Lipinski definition) is 2. The second-order valence-corrected chi connectivity index (χ2v) is 6.10. The van der Waals surface area contributed by atoms with Gasteiger partial charge in [-0.3, -0.25) is 14.4 Å². The number of carboxylic acids is 1. The van der Waals surface area contributed by atoms with E-state index in [4.69, 9.17) is 9.52 Å². The van der Waals surface area contributed by atoms with Crippen LogP contribution in [0.3, 0.4) is 0 Å². The number of benzene rings is 2. The van der Waals surface area contributed by atoms with Crippen LogP contribution in [-0.4, -0.2) is 23.5 Å². The predicted molar refractivity (Wildman–Crippen MR) is 98.4 cm³/mol. The Morgan fingerprint density at radius 1 is 0.962 bits per heavy atom. The van der Waals surface area contributed by atoms with Crippen LogP contribution >= 0.6 is 0 Å². The fraction of sp³-hybridized carbons (Fsp3) is 0.250. The van der Waals surface area contributed by atoms with Gasteiger partial charge in [-0.05, 0) is 43.2 Å². The summed E-state index contributed by atoms with van der Waals surface area (Å²) in [5, 5.41) is 12.2. The van der Waals surface area contributed by atoms with Gasteiger partial charge in [-0.2, -0.15) is 0 Å². The molecule has 0 unspecified atom stereocenters. The summed E-state index contributed by atoms with van der Waals surface area (Å²) in [6.45, 7) is 0.461. The number of carbonyl (C=O) groups is 2. The minimum atomic E-state index is -0.809. The SMILES string of the molecule is O=C(O)CCCCCNC(=O)c1ccc2oc3ccccc3c(=O)c2c1. The van der Waals surface area contributed by atoms with Crippen molar-refractivity contribution in [3.8, 4) is 0 Å². The highest BCUT2D eigenvalue weighted by Crippen LogP contribution is 2.19. The van der Waals surface area contributed by atoms with Gasteiger partial charge in [0.15, 0.2) is 0 Å². The van der Waals surface area contributed by atoms with Gasteiger partial charge >= 0.3 is 5.97 Å². The molecule has 0 aliphatic rings. The highest BCUT2D eigenvalue weighted by atomic mass is 16.4. The number of amides is 1. The Hall–Kier alpha value is -3.15. The Morgan fingerprint density at radius 2 is 1.73 bits per heavy atom. The third kappa shape index (κ3) is 3.91. The molecule has 6 heteroatoms. The smallest absolute Gasteiger partial charge is 0.303 e. The maximum absolute atomic E-state index is 12.6. The lowest BCUT2D eigenvalue weighted by Crippen LogP contribution is -2.24. The molecule has 0 radical (unpaired) electrons. The van der Waals surface area contributed by atoms with Gasteiger partial charge in [0.25, 0.3) is 5.91 Å². The Morgan fingerprint density at radius 3 is 2.54 bits per heavy atom. The quantitative estimate of drug-likeness (QED) is 0.502. The molecule has 134 valence electrons. The number of para-hydroxylation sites is 1. The van der Waals surface area contributed by atoms with E-state index in [9.17, 15) is 14.4 Å². The lowest BCUT2D eigenvalue weighted by atomic mass is 10.1. The number of carbonyl (C=O) groups excluding carboxylic acids is 1. The average Bonchev–Trinajstić information content (AvgIpc) is 2.64. The highest BCUT2D eigenvalue weighted by Gasteiger charge is 2.11. The van der Waals surface area contributed by atoms with Crippen LogP contribution < -0.4 is 10.7 Å². The van der Waals surface area contributed by atoms with E-state index in [1.807, 2.05) is 0 Å². The van der Waals surface area contributed by atoms with Gasteiger partial charge in [-0.25, -0.2) is 0 Å². The van der Waals surface area contributed by atoms with Crippen molar-refractivity contribution in [2.75, 3.05) is 6.54 Å². The summed E-state index contributed by atoms with van der Waals surface area (Å²) in [6, 6.07) is 11.8. The molecule has 1 amide bonds. The highest BCUT2D eigenvalue weighted by molar-refractivity contribution is 5.99. The molecule has 2 aromatic carbocycles. The molecule has 2 N–H and O–H groups in total. The van der Waals surface area contributed by atoms with E-state index in [-0.39, 0.29) is 17.8 Å². The van der Waals surface area contributed by atoms with Crippen LogP contribution in [0.4, 0.5) is 0 Å². The molecular formula is C20H19NO5. The number of hydrogen-bond acceptors (Lipinski definition) is 4. The summed E-state index contributed by atoms with van der Waals surface area (Å²) in [5.41, 5.74) is 1.19. The Balaban J connectivity index is 1.71. The van der Waals surface area contributed by atoms with Gasteiger partial charge in [-0.1, -0.05) is 18.6 Å². The van der Waals surface area contributed by atoms with E-state index < -0.39 is 5.97 Å². The van der Waals surface area contributed by atoms with Gasteiger partial charge in [-0.15, -0.1) is 0 Å². The molecule has 0 atom stereocenters. The number of fused-ring (bicyclic) bond motifs is 2. The van der Waals surface area contributed by atoms with Crippen molar-refractivity contribution in [2.24, 2.45) is 0 Å². The molecule has 1 heterocycles. The summed E-state index contributed by atoms with van der Waals surface area (Å²) < 4.78 is 5.73. The van der Waals surface area contributed by atoms with Crippen LogP contribution in [0.1, 0.15) is 36.0 Å². The van der Waals surface area contributed by atoms with Gasteiger partial charge in [0.2, 0.25) is 5.43 Å². The molecule has 3 rings (SSSR count). The molecule has 0 aliphatic heterocycles. The minimum absolute atomic E-state index is 0.141. The lowest BCUT2D eigenvalue weighted by Gasteiger charge is -2.06. The molecule has 0 saturated heterocycles. The number of aliphatic carboxylic acids is 1. The molecule has 0 fully saturated rings. The van der Waals surface area contributed by atoms with Crippen LogP contribution in [0.2, 0.25) is 0 Å². The Labute approximate surface area is 149 Å². The Kier molecular flexibility index (Phi) is 5.31. The van der Waals surface area contributed by atoms with Gasteiger partial charge in [0.05, 0.1) is 10.8 Å². The summed E-state index contributed by atoms with van der Waals surface area (Å²) in [6.07, 6.45) is 2.18. The van der Waals surface area contributed by atoms with Crippen molar-refractivity contribution in [2.45, 2.75) is 25.7 Å². The first kappa shape index (κ1) is 17.7. The normalized spacial score (nSPS) is 10.9. The first-order chi connectivity index (χ1) is 12.6. The second-order valence-electron chi connectivity index (χ2n) is 6.10. The van der Waals surface area contributed by atoms with Crippen LogP contribution in [-0.2, 0) is 4.79 Å². The molecule has 0 spiro atoms. The predicted octanol–water partition coefficient (Wildman–Crippen LogP) is 3.32. The van der Waals surface area contributed by atoms with Gasteiger partial charge in [0.1, 0.15) is 11.2 Å². The summed E-state index contributed by atoms with van der Waals surface area (Å²) >= 11 is 0. The maximum Gasteiger partial charge on any atom is 0.303 e. The molecule has 0 saturated carbocycles. The minimum Gasteiger partial charge on any atom is -0.481 e. The largest absolute Gasteiger partial charge is 0.481 e. The zero-order valence-electron chi connectivity index (χ0n) is 14.2. The zero-order valence-corrected chi connectivity index (χ0v) is 14.2.